The van der Waals surface area contributed by atoms with Gasteiger partial charge >= 0.3 is 0 Å². The van der Waals surface area contributed by atoms with Crippen LogP contribution in [0.2, 0.25) is 0 Å². The van der Waals surface area contributed by atoms with E-state index in [1.54, 1.807) is 30.1 Å². The van der Waals surface area contributed by atoms with Gasteiger partial charge in [0.05, 0.1) is 16.7 Å². The van der Waals surface area contributed by atoms with E-state index in [2.05, 4.69) is 46.4 Å². The number of nitrogens with zero attached hydrogens (tertiary/aromatic N) is 3. The van der Waals surface area contributed by atoms with Crippen molar-refractivity contribution in [2.45, 2.75) is 38.8 Å². The summed E-state index contributed by atoms with van der Waals surface area (Å²) in [5.74, 6) is 0.784. The third-order valence-corrected chi connectivity index (χ3v) is 8.89. The number of aromatic nitrogens is 1. The third-order valence-electron chi connectivity index (χ3n) is 6.63. The van der Waals surface area contributed by atoms with Crippen LogP contribution in [-0.4, -0.2) is 15.0 Å². The molecule has 0 bridgehead atoms. The molecular formula is C31H24N4O3S3. The van der Waals surface area contributed by atoms with E-state index in [-0.39, 0.29) is 17.8 Å². The molecule has 7 nitrogen and oxygen atoms in total. The molecule has 5 aromatic rings. The molecule has 0 aliphatic carbocycles. The summed E-state index contributed by atoms with van der Waals surface area (Å²) >= 11 is 8.97. The molecule has 2 atom stereocenters. The number of aryl methyl sites for hydroxylation is 1. The molecule has 3 aromatic carbocycles. The van der Waals surface area contributed by atoms with Gasteiger partial charge in [-0.3, -0.25) is 15.1 Å². The fourth-order valence-electron chi connectivity index (χ4n) is 4.64. The van der Waals surface area contributed by atoms with Gasteiger partial charge < -0.3 is 14.6 Å². The second kappa shape index (κ2) is 11.8. The van der Waals surface area contributed by atoms with Crippen LogP contribution in [0.15, 0.2) is 134 Å². The van der Waals surface area contributed by atoms with Gasteiger partial charge in [0.15, 0.2) is 10.2 Å². The first-order valence-corrected chi connectivity index (χ1v) is 14.9. The molecule has 0 spiro atoms. The molecule has 1 N–H and O–H groups in total. The summed E-state index contributed by atoms with van der Waals surface area (Å²) in [5, 5.41) is 15.8. The normalized spacial score (nSPS) is 16.5. The van der Waals surface area contributed by atoms with Gasteiger partial charge in [-0.2, -0.15) is 0 Å². The van der Waals surface area contributed by atoms with Gasteiger partial charge in [0.2, 0.25) is 0 Å². The number of thiocarbonyl (C=S) groups is 1. The first-order valence-electron chi connectivity index (χ1n) is 12.8. The van der Waals surface area contributed by atoms with Gasteiger partial charge in [-0.15, -0.1) is 0 Å². The van der Waals surface area contributed by atoms with Crippen molar-refractivity contribution in [3.05, 3.63) is 136 Å². The Labute approximate surface area is 251 Å². The average Bonchev–Trinajstić information content (AvgIpc) is 3.59. The minimum Gasteiger partial charge on any atom is -0.452 e. The highest BCUT2D eigenvalue weighted by Crippen LogP contribution is 2.44. The Morgan fingerprint density at radius 1 is 0.878 bits per heavy atom. The van der Waals surface area contributed by atoms with Crippen molar-refractivity contribution in [2.75, 3.05) is 4.90 Å². The highest BCUT2D eigenvalue weighted by molar-refractivity contribution is 7.99. The Hall–Kier alpha value is -4.12. The van der Waals surface area contributed by atoms with Gasteiger partial charge in [0.25, 0.3) is 5.69 Å². The summed E-state index contributed by atoms with van der Waals surface area (Å²) in [7, 11) is 0. The van der Waals surface area contributed by atoms with Crippen molar-refractivity contribution in [1.82, 2.24) is 10.3 Å². The number of nitro groups is 1. The number of non-ortho nitro benzene ring substituents is 1. The van der Waals surface area contributed by atoms with Crippen LogP contribution in [0.5, 0.6) is 0 Å². The molecule has 0 unspecified atom stereocenters. The number of benzene rings is 3. The van der Waals surface area contributed by atoms with E-state index in [4.69, 9.17) is 16.6 Å². The largest absolute Gasteiger partial charge is 0.452 e. The van der Waals surface area contributed by atoms with Crippen LogP contribution >= 0.6 is 35.7 Å². The van der Waals surface area contributed by atoms with Gasteiger partial charge in [0, 0.05) is 38.7 Å². The number of rotatable bonds is 8. The number of furan rings is 1. The maximum absolute atomic E-state index is 11.0. The lowest BCUT2D eigenvalue weighted by atomic mass is 10.0. The molecule has 204 valence electrons. The van der Waals surface area contributed by atoms with Crippen molar-refractivity contribution >= 4 is 52.2 Å². The molecule has 2 aromatic heterocycles. The maximum atomic E-state index is 11.0. The van der Waals surface area contributed by atoms with E-state index in [0.29, 0.717) is 5.11 Å². The molecule has 1 saturated heterocycles. The summed E-state index contributed by atoms with van der Waals surface area (Å²) in [6.07, 6.45) is 1.78. The van der Waals surface area contributed by atoms with Gasteiger partial charge in [-0.1, -0.05) is 47.3 Å². The third kappa shape index (κ3) is 6.00. The molecule has 1 fully saturated rings. The fraction of sp³-hybridized carbons (Fsp3) is 0.0968. The standard InChI is InChI=1S/C31H24N4O3S3/c1-20-5-11-25(12-6-20)41-28-18-17-27(38-28)30-29(26-4-2-3-19-32-26)33-31(39)34(30)21-7-13-23(14-8-21)40-24-15-9-22(10-16-24)35(36)37/h2-19,29-30H,1H3,(H,33,39)/t29-,30+/m0/s1. The van der Waals surface area contributed by atoms with E-state index < -0.39 is 4.92 Å². The Kier molecular flexibility index (Phi) is 7.78. The average molecular weight is 597 g/mol. The van der Waals surface area contributed by atoms with Crippen molar-refractivity contribution in [3.8, 4) is 0 Å². The number of pyridine rings is 1. The summed E-state index contributed by atoms with van der Waals surface area (Å²) in [4.78, 5) is 20.3. The number of nitrogens with one attached hydrogen (secondary N) is 1. The molecule has 10 heteroatoms. The summed E-state index contributed by atoms with van der Waals surface area (Å²) in [5.41, 5.74) is 3.08. The second-order valence-electron chi connectivity index (χ2n) is 9.42. The highest BCUT2D eigenvalue weighted by atomic mass is 32.2. The lowest BCUT2D eigenvalue weighted by Crippen LogP contribution is -2.29. The first-order chi connectivity index (χ1) is 19.9. The Bertz CT molecular complexity index is 1680. The van der Waals surface area contributed by atoms with Crippen molar-refractivity contribution in [1.29, 1.82) is 0 Å². The summed E-state index contributed by atoms with van der Waals surface area (Å²) in [6.45, 7) is 2.07. The zero-order valence-electron chi connectivity index (χ0n) is 21.8. The Morgan fingerprint density at radius 3 is 2.20 bits per heavy atom. The van der Waals surface area contributed by atoms with Crippen LogP contribution in [0, 0.1) is 17.0 Å². The SMILES string of the molecule is Cc1ccc(Sc2ccc([C@@H]3[C@H](c4ccccn4)NC(=S)N3c3ccc(Sc4ccc([N+](=O)[O-])cc4)cc3)o2)cc1. The molecule has 1 aliphatic heterocycles. The second-order valence-corrected chi connectivity index (χ2v) is 12.0. The lowest BCUT2D eigenvalue weighted by molar-refractivity contribution is -0.384. The van der Waals surface area contributed by atoms with E-state index in [1.807, 2.05) is 54.6 Å². The molecule has 41 heavy (non-hydrogen) atoms. The molecule has 0 radical (unpaired) electrons. The predicted octanol–water partition coefficient (Wildman–Crippen LogP) is 8.37. The van der Waals surface area contributed by atoms with E-state index in [0.717, 1.165) is 36.9 Å². The minimum absolute atomic E-state index is 0.0756. The van der Waals surface area contributed by atoms with Crippen molar-refractivity contribution < 1.29 is 9.34 Å². The monoisotopic (exact) mass is 596 g/mol. The molecular weight excluding hydrogens is 573 g/mol. The van der Waals surface area contributed by atoms with Crippen LogP contribution in [0.4, 0.5) is 11.4 Å². The maximum Gasteiger partial charge on any atom is 0.269 e. The zero-order valence-corrected chi connectivity index (χ0v) is 24.3. The lowest BCUT2D eigenvalue weighted by Gasteiger charge is -2.26. The van der Waals surface area contributed by atoms with Crippen molar-refractivity contribution in [3.63, 3.8) is 0 Å². The summed E-state index contributed by atoms with van der Waals surface area (Å²) < 4.78 is 6.42. The minimum atomic E-state index is -0.395. The molecule has 0 saturated carbocycles. The topological polar surface area (TPSA) is 84.4 Å². The van der Waals surface area contributed by atoms with Crippen molar-refractivity contribution in [2.24, 2.45) is 0 Å². The van der Waals surface area contributed by atoms with Gasteiger partial charge in [0.1, 0.15) is 11.8 Å². The Morgan fingerprint density at radius 2 is 1.54 bits per heavy atom. The summed E-state index contributed by atoms with van der Waals surface area (Å²) in [6, 6.07) is 32.4. The predicted molar refractivity (Wildman–Crippen MR) is 166 cm³/mol. The van der Waals surface area contributed by atoms with Crippen LogP contribution in [0.25, 0.3) is 0 Å². The molecule has 3 heterocycles. The number of hydrogen-bond donors (Lipinski definition) is 1. The molecule has 1 aliphatic rings. The van der Waals surface area contributed by atoms with Crippen LogP contribution in [0.3, 0.4) is 0 Å². The fourth-order valence-corrected chi connectivity index (χ4v) is 6.58. The first kappa shape index (κ1) is 27.1. The Balaban J connectivity index is 1.28. The highest BCUT2D eigenvalue weighted by Gasteiger charge is 2.42. The number of hydrogen-bond acceptors (Lipinski definition) is 7. The smallest absolute Gasteiger partial charge is 0.269 e. The number of anilines is 1. The van der Waals surface area contributed by atoms with E-state index in [9.17, 15) is 10.1 Å². The quantitative estimate of drug-likeness (QED) is 0.108. The van der Waals surface area contributed by atoms with Gasteiger partial charge in [-0.25, -0.2) is 0 Å². The van der Waals surface area contributed by atoms with E-state index in [1.165, 1.54) is 29.5 Å². The molecule has 6 rings (SSSR count). The number of nitro benzene ring substituents is 1. The zero-order chi connectivity index (χ0) is 28.3. The van der Waals surface area contributed by atoms with Crippen LogP contribution < -0.4 is 10.2 Å². The van der Waals surface area contributed by atoms with Crippen LogP contribution in [-0.2, 0) is 0 Å². The van der Waals surface area contributed by atoms with Crippen LogP contribution in [0.1, 0.15) is 29.1 Å². The molecule has 0 amide bonds. The van der Waals surface area contributed by atoms with Gasteiger partial charge in [-0.05, 0) is 91.9 Å². The van der Waals surface area contributed by atoms with E-state index >= 15 is 0 Å².